The summed E-state index contributed by atoms with van der Waals surface area (Å²) < 4.78 is 5.77. The Balaban J connectivity index is 2.03. The molecule has 0 saturated carbocycles. The van der Waals surface area contributed by atoms with Crippen LogP contribution in [0, 0.1) is 0 Å². The van der Waals surface area contributed by atoms with Crippen LogP contribution in [0.25, 0.3) is 0 Å². The molecule has 0 unspecified atom stereocenters. The van der Waals surface area contributed by atoms with E-state index < -0.39 is 0 Å². The normalized spacial score (nSPS) is 16.5. The third kappa shape index (κ3) is 4.11. The van der Waals surface area contributed by atoms with E-state index in [4.69, 9.17) is 16.3 Å². The van der Waals surface area contributed by atoms with E-state index in [-0.39, 0.29) is 18.0 Å². The van der Waals surface area contributed by atoms with Crippen molar-refractivity contribution in [1.82, 2.24) is 4.90 Å². The molecule has 4 nitrogen and oxygen atoms in total. The summed E-state index contributed by atoms with van der Waals surface area (Å²) >= 11 is 7.50. The van der Waals surface area contributed by atoms with Gasteiger partial charge >= 0.3 is 0 Å². The highest BCUT2D eigenvalue weighted by Gasteiger charge is 2.18. The van der Waals surface area contributed by atoms with Gasteiger partial charge in [0, 0.05) is 30.1 Å². The van der Waals surface area contributed by atoms with Crippen molar-refractivity contribution in [3.63, 3.8) is 0 Å². The van der Waals surface area contributed by atoms with E-state index in [9.17, 15) is 9.59 Å². The molecular weight excluding hydrogens is 286 g/mol. The molecule has 0 bridgehead atoms. The first kappa shape index (κ1) is 14.7. The minimum absolute atomic E-state index is 0.0759. The van der Waals surface area contributed by atoms with Gasteiger partial charge in [0.1, 0.15) is 10.1 Å². The van der Waals surface area contributed by atoms with Gasteiger partial charge in [-0.2, -0.15) is 0 Å². The maximum absolute atomic E-state index is 11.8. The lowest BCUT2D eigenvalue weighted by Gasteiger charge is -2.25. The first-order valence-corrected chi connectivity index (χ1v) is 7.36. The topological polar surface area (TPSA) is 46.6 Å². The van der Waals surface area contributed by atoms with Crippen molar-refractivity contribution < 1.29 is 14.3 Å². The highest BCUT2D eigenvalue weighted by Crippen LogP contribution is 2.29. The maximum atomic E-state index is 11.8. The number of morpholine rings is 1. The van der Waals surface area contributed by atoms with Crippen LogP contribution in [0.15, 0.2) is 6.07 Å². The number of carbonyl (C=O) groups excluding carboxylic acids is 2. The van der Waals surface area contributed by atoms with Crippen LogP contribution in [0.2, 0.25) is 4.34 Å². The van der Waals surface area contributed by atoms with Crippen LogP contribution in [-0.4, -0.2) is 42.8 Å². The summed E-state index contributed by atoms with van der Waals surface area (Å²) in [5.74, 6) is -0.330. The molecule has 0 spiro atoms. The van der Waals surface area contributed by atoms with E-state index in [0.717, 1.165) is 37.7 Å². The van der Waals surface area contributed by atoms with Crippen molar-refractivity contribution in [2.45, 2.75) is 19.9 Å². The van der Waals surface area contributed by atoms with E-state index in [1.165, 1.54) is 18.3 Å². The Morgan fingerprint density at radius 3 is 2.74 bits per heavy atom. The molecule has 1 fully saturated rings. The van der Waals surface area contributed by atoms with Gasteiger partial charge in [-0.1, -0.05) is 11.6 Å². The Morgan fingerprint density at radius 2 is 2.11 bits per heavy atom. The number of rotatable bonds is 5. The second kappa shape index (κ2) is 6.61. The number of halogens is 1. The Bertz CT molecular complexity index is 480. The van der Waals surface area contributed by atoms with E-state index in [2.05, 4.69) is 4.90 Å². The van der Waals surface area contributed by atoms with Gasteiger partial charge in [0.15, 0.2) is 5.78 Å². The van der Waals surface area contributed by atoms with Crippen molar-refractivity contribution in [2.75, 3.05) is 26.3 Å². The molecule has 0 radical (unpaired) electrons. The molecule has 0 aliphatic carbocycles. The van der Waals surface area contributed by atoms with E-state index in [0.29, 0.717) is 9.90 Å². The highest BCUT2D eigenvalue weighted by molar-refractivity contribution is 7.16. The van der Waals surface area contributed by atoms with Crippen LogP contribution in [-0.2, 0) is 16.1 Å². The number of Topliss-reactive ketones (excluding diaryl/α,β-unsaturated/α-hetero) is 2. The fourth-order valence-electron chi connectivity index (χ4n) is 1.99. The van der Waals surface area contributed by atoms with Gasteiger partial charge in [0.2, 0.25) is 0 Å². The number of nitrogens with zero attached hydrogens (tertiary/aromatic N) is 1. The van der Waals surface area contributed by atoms with Crippen LogP contribution in [0.4, 0.5) is 0 Å². The van der Waals surface area contributed by atoms with Crippen LogP contribution in [0.1, 0.15) is 28.6 Å². The quantitative estimate of drug-likeness (QED) is 0.619. The lowest BCUT2D eigenvalue weighted by Crippen LogP contribution is -2.35. The second-order valence-corrected chi connectivity index (χ2v) is 6.33. The molecule has 19 heavy (non-hydrogen) atoms. The molecule has 0 aromatic carbocycles. The van der Waals surface area contributed by atoms with Gasteiger partial charge in [-0.3, -0.25) is 14.5 Å². The van der Waals surface area contributed by atoms with E-state index in [1.54, 1.807) is 0 Å². The summed E-state index contributed by atoms with van der Waals surface area (Å²) in [4.78, 5) is 26.2. The molecule has 1 aromatic rings. The van der Waals surface area contributed by atoms with Gasteiger partial charge < -0.3 is 4.74 Å². The molecule has 0 atom stereocenters. The smallest absolute Gasteiger partial charge is 0.172 e. The Hall–Kier alpha value is -0.750. The van der Waals surface area contributed by atoms with Gasteiger partial charge in [-0.05, 0) is 13.0 Å². The zero-order chi connectivity index (χ0) is 13.8. The lowest BCUT2D eigenvalue weighted by atomic mass is 10.1. The van der Waals surface area contributed by atoms with Crippen molar-refractivity contribution >= 4 is 34.5 Å². The monoisotopic (exact) mass is 301 g/mol. The molecule has 104 valence electrons. The number of ether oxygens (including phenoxy) is 1. The summed E-state index contributed by atoms with van der Waals surface area (Å²) in [5.41, 5.74) is 0.477. The summed E-state index contributed by atoms with van der Waals surface area (Å²) in [6, 6.07) is 1.81. The van der Waals surface area contributed by atoms with Crippen molar-refractivity contribution in [2.24, 2.45) is 0 Å². The first-order valence-electron chi connectivity index (χ1n) is 6.17. The molecule has 1 aliphatic rings. The maximum Gasteiger partial charge on any atom is 0.172 e. The van der Waals surface area contributed by atoms with Gasteiger partial charge in [-0.15, -0.1) is 11.3 Å². The molecule has 1 saturated heterocycles. The Labute approximate surface area is 121 Å². The van der Waals surface area contributed by atoms with E-state index in [1.807, 2.05) is 6.07 Å². The van der Waals surface area contributed by atoms with Crippen molar-refractivity contribution in [3.8, 4) is 0 Å². The van der Waals surface area contributed by atoms with Crippen LogP contribution in [0.3, 0.4) is 0 Å². The molecule has 1 aliphatic heterocycles. The molecule has 2 rings (SSSR count). The fraction of sp³-hybridized carbons (Fsp3) is 0.538. The molecular formula is C13H16ClNO3S. The molecule has 2 heterocycles. The van der Waals surface area contributed by atoms with Crippen LogP contribution >= 0.6 is 22.9 Å². The van der Waals surface area contributed by atoms with Crippen LogP contribution < -0.4 is 0 Å². The summed E-state index contributed by atoms with van der Waals surface area (Å²) in [6.45, 7) is 5.47. The third-order valence-electron chi connectivity index (χ3n) is 2.93. The second-order valence-electron chi connectivity index (χ2n) is 4.59. The van der Waals surface area contributed by atoms with Gasteiger partial charge in [-0.25, -0.2) is 0 Å². The lowest BCUT2D eigenvalue weighted by molar-refractivity contribution is -0.116. The zero-order valence-electron chi connectivity index (χ0n) is 10.8. The number of thiophene rings is 1. The minimum atomic E-state index is -0.193. The minimum Gasteiger partial charge on any atom is -0.379 e. The predicted molar refractivity (Wildman–Crippen MR) is 75.1 cm³/mol. The highest BCUT2D eigenvalue weighted by atomic mass is 35.5. The molecule has 6 heteroatoms. The molecule has 0 amide bonds. The SMILES string of the molecule is CC(=O)CC(=O)c1cc(CN2CCOCC2)sc1Cl. The summed E-state index contributed by atoms with van der Waals surface area (Å²) in [7, 11) is 0. The summed E-state index contributed by atoms with van der Waals surface area (Å²) in [5, 5.41) is 0. The molecule has 1 aromatic heterocycles. The predicted octanol–water partition coefficient (Wildman–Crippen LogP) is 2.40. The van der Waals surface area contributed by atoms with Crippen molar-refractivity contribution in [3.05, 3.63) is 20.8 Å². The van der Waals surface area contributed by atoms with Gasteiger partial charge in [0.25, 0.3) is 0 Å². The third-order valence-corrected chi connectivity index (χ3v) is 4.27. The van der Waals surface area contributed by atoms with Crippen molar-refractivity contribution in [1.29, 1.82) is 0 Å². The largest absolute Gasteiger partial charge is 0.379 e. The first-order chi connectivity index (χ1) is 9.06. The number of hydrogen-bond donors (Lipinski definition) is 0. The molecule has 0 N–H and O–H groups in total. The van der Waals surface area contributed by atoms with Crippen LogP contribution in [0.5, 0.6) is 0 Å². The van der Waals surface area contributed by atoms with Gasteiger partial charge in [0.05, 0.1) is 19.6 Å². The number of hydrogen-bond acceptors (Lipinski definition) is 5. The Morgan fingerprint density at radius 1 is 1.42 bits per heavy atom. The standard InChI is InChI=1S/C13H16ClNO3S/c1-9(16)6-12(17)11-7-10(19-13(11)14)8-15-2-4-18-5-3-15/h7H,2-6,8H2,1H3. The Kier molecular flexibility index (Phi) is 5.10. The van der Waals surface area contributed by atoms with E-state index >= 15 is 0 Å². The average Bonchev–Trinajstić information content (AvgIpc) is 2.70. The zero-order valence-corrected chi connectivity index (χ0v) is 12.4. The number of carbonyl (C=O) groups is 2. The number of ketones is 2. The average molecular weight is 302 g/mol. The fourth-order valence-corrected chi connectivity index (χ4v) is 3.38. The summed E-state index contributed by atoms with van der Waals surface area (Å²) in [6.07, 6.45) is -0.0759.